The highest BCUT2D eigenvalue weighted by Crippen LogP contribution is 2.35. The Kier molecular flexibility index (Phi) is 3.85. The van der Waals surface area contributed by atoms with E-state index in [9.17, 15) is 5.11 Å². The second kappa shape index (κ2) is 5.61. The minimum Gasteiger partial charge on any atom is -0.506 e. The zero-order valence-electron chi connectivity index (χ0n) is 10.8. The van der Waals surface area contributed by atoms with Gasteiger partial charge in [0, 0.05) is 18.7 Å². The predicted molar refractivity (Wildman–Crippen MR) is 91.4 cm³/mol. The van der Waals surface area contributed by atoms with Gasteiger partial charge >= 0.3 is 0 Å². The van der Waals surface area contributed by atoms with Gasteiger partial charge in [-0.25, -0.2) is 4.98 Å². The SMILES string of the molecule is Cc1nc2cccc(Sc3cccc(I)c3)c2cc1O. The summed E-state index contributed by atoms with van der Waals surface area (Å²) in [7, 11) is 0. The Hall–Kier alpha value is -1.27. The van der Waals surface area contributed by atoms with Gasteiger partial charge in [0.05, 0.1) is 11.2 Å². The molecular weight excluding hydrogens is 381 g/mol. The number of pyridine rings is 1. The van der Waals surface area contributed by atoms with Crippen LogP contribution in [0.3, 0.4) is 0 Å². The molecule has 1 heterocycles. The topological polar surface area (TPSA) is 33.1 Å². The molecule has 20 heavy (non-hydrogen) atoms. The van der Waals surface area contributed by atoms with Crippen molar-refractivity contribution in [2.24, 2.45) is 0 Å². The van der Waals surface area contributed by atoms with E-state index >= 15 is 0 Å². The maximum atomic E-state index is 9.88. The van der Waals surface area contributed by atoms with Crippen LogP contribution in [0.5, 0.6) is 5.75 Å². The lowest BCUT2D eigenvalue weighted by Gasteiger charge is -2.08. The van der Waals surface area contributed by atoms with Gasteiger partial charge in [-0.15, -0.1) is 0 Å². The lowest BCUT2D eigenvalue weighted by Crippen LogP contribution is -1.86. The number of aromatic hydroxyl groups is 1. The highest BCUT2D eigenvalue weighted by molar-refractivity contribution is 14.1. The molecule has 2 aromatic carbocycles. The molecule has 0 bridgehead atoms. The molecule has 1 N–H and O–H groups in total. The van der Waals surface area contributed by atoms with Crippen LogP contribution in [0.15, 0.2) is 58.3 Å². The first-order valence-electron chi connectivity index (χ1n) is 6.16. The van der Waals surface area contributed by atoms with Gasteiger partial charge < -0.3 is 5.11 Å². The van der Waals surface area contributed by atoms with Crippen LogP contribution < -0.4 is 0 Å². The minimum absolute atomic E-state index is 0.244. The molecule has 0 unspecified atom stereocenters. The number of fused-ring (bicyclic) bond motifs is 1. The summed E-state index contributed by atoms with van der Waals surface area (Å²) in [5.41, 5.74) is 1.57. The van der Waals surface area contributed by atoms with Gasteiger partial charge in [-0.3, -0.25) is 0 Å². The van der Waals surface area contributed by atoms with E-state index in [-0.39, 0.29) is 5.75 Å². The first kappa shape index (κ1) is 13.7. The fourth-order valence-corrected chi connectivity index (χ4v) is 3.76. The zero-order valence-corrected chi connectivity index (χ0v) is 13.8. The highest BCUT2D eigenvalue weighted by Gasteiger charge is 2.07. The molecule has 1 aromatic heterocycles. The number of halogens is 1. The van der Waals surface area contributed by atoms with Gasteiger partial charge in [0.25, 0.3) is 0 Å². The van der Waals surface area contributed by atoms with E-state index in [0.29, 0.717) is 5.69 Å². The fraction of sp³-hybridized carbons (Fsp3) is 0.0625. The quantitative estimate of drug-likeness (QED) is 0.622. The Morgan fingerprint density at radius 2 is 1.90 bits per heavy atom. The van der Waals surface area contributed by atoms with Crippen LogP contribution in [0.2, 0.25) is 0 Å². The molecule has 0 amide bonds. The summed E-state index contributed by atoms with van der Waals surface area (Å²) >= 11 is 4.00. The number of rotatable bonds is 2. The lowest BCUT2D eigenvalue weighted by molar-refractivity contribution is 0.469. The third kappa shape index (κ3) is 2.76. The van der Waals surface area contributed by atoms with E-state index in [2.05, 4.69) is 57.9 Å². The Morgan fingerprint density at radius 3 is 2.70 bits per heavy atom. The second-order valence-electron chi connectivity index (χ2n) is 4.48. The van der Waals surface area contributed by atoms with Crippen LogP contribution >= 0.6 is 34.4 Å². The van der Waals surface area contributed by atoms with Crippen LogP contribution in [0.25, 0.3) is 10.9 Å². The third-order valence-electron chi connectivity index (χ3n) is 3.01. The molecule has 100 valence electrons. The number of benzene rings is 2. The van der Waals surface area contributed by atoms with Crippen molar-refractivity contribution in [2.75, 3.05) is 0 Å². The highest BCUT2D eigenvalue weighted by atomic mass is 127. The average molecular weight is 393 g/mol. The second-order valence-corrected chi connectivity index (χ2v) is 6.84. The molecule has 2 nitrogen and oxygen atoms in total. The number of hydrogen-bond donors (Lipinski definition) is 1. The predicted octanol–water partition coefficient (Wildman–Crippen LogP) is 5.00. The third-order valence-corrected chi connectivity index (χ3v) is 4.74. The Bertz CT molecular complexity index is 789. The van der Waals surface area contributed by atoms with E-state index in [0.717, 1.165) is 15.8 Å². The number of aromatic nitrogens is 1. The van der Waals surface area contributed by atoms with E-state index in [4.69, 9.17) is 0 Å². The maximum Gasteiger partial charge on any atom is 0.137 e. The monoisotopic (exact) mass is 393 g/mol. The van der Waals surface area contributed by atoms with E-state index in [1.807, 2.05) is 19.1 Å². The lowest BCUT2D eigenvalue weighted by atomic mass is 10.2. The van der Waals surface area contributed by atoms with Crippen molar-refractivity contribution in [3.8, 4) is 5.75 Å². The summed E-state index contributed by atoms with van der Waals surface area (Å²) in [6, 6.07) is 16.2. The number of nitrogens with zero attached hydrogens (tertiary/aromatic N) is 1. The summed E-state index contributed by atoms with van der Waals surface area (Å²) in [4.78, 5) is 6.72. The molecule has 3 rings (SSSR count). The molecule has 0 fully saturated rings. The number of aryl methyl sites for hydroxylation is 1. The molecule has 0 saturated heterocycles. The van der Waals surface area contributed by atoms with Gasteiger partial charge in [-0.1, -0.05) is 23.9 Å². The van der Waals surface area contributed by atoms with Gasteiger partial charge in [0.15, 0.2) is 0 Å². The van der Waals surface area contributed by atoms with Crippen molar-refractivity contribution in [1.82, 2.24) is 4.98 Å². The molecule has 3 aromatic rings. The van der Waals surface area contributed by atoms with Crippen LogP contribution in [0, 0.1) is 10.5 Å². The smallest absolute Gasteiger partial charge is 0.137 e. The molecule has 0 radical (unpaired) electrons. The fourth-order valence-electron chi connectivity index (χ4n) is 2.00. The molecule has 0 aliphatic rings. The van der Waals surface area contributed by atoms with Crippen molar-refractivity contribution in [3.05, 3.63) is 57.8 Å². The summed E-state index contributed by atoms with van der Waals surface area (Å²) in [5, 5.41) is 10.9. The van der Waals surface area contributed by atoms with Crippen molar-refractivity contribution < 1.29 is 5.11 Å². The molecule has 0 spiro atoms. The molecule has 0 aliphatic carbocycles. The van der Waals surface area contributed by atoms with Crippen LogP contribution in [-0.4, -0.2) is 10.1 Å². The van der Waals surface area contributed by atoms with Crippen molar-refractivity contribution in [2.45, 2.75) is 16.7 Å². The molecule has 0 atom stereocenters. The van der Waals surface area contributed by atoms with Crippen molar-refractivity contribution >= 4 is 45.3 Å². The largest absolute Gasteiger partial charge is 0.506 e. The van der Waals surface area contributed by atoms with Gasteiger partial charge in [0.2, 0.25) is 0 Å². The van der Waals surface area contributed by atoms with Crippen LogP contribution in [-0.2, 0) is 0 Å². The standard InChI is InChI=1S/C16H12INOS/c1-10-15(19)9-13-14(18-10)6-3-7-16(13)20-12-5-2-4-11(17)8-12/h2-9,19H,1H3. The Balaban J connectivity index is 2.09. The van der Waals surface area contributed by atoms with Crippen LogP contribution in [0.1, 0.15) is 5.69 Å². The Morgan fingerprint density at radius 1 is 1.10 bits per heavy atom. The summed E-state index contributed by atoms with van der Waals surface area (Å²) in [5.74, 6) is 0.244. The van der Waals surface area contributed by atoms with Gasteiger partial charge in [-0.2, -0.15) is 0 Å². The first-order valence-corrected chi connectivity index (χ1v) is 8.06. The summed E-state index contributed by atoms with van der Waals surface area (Å²) in [6.45, 7) is 1.81. The molecule has 4 heteroatoms. The van der Waals surface area contributed by atoms with Crippen molar-refractivity contribution in [1.29, 1.82) is 0 Å². The summed E-state index contributed by atoms with van der Waals surface area (Å²) in [6.07, 6.45) is 0. The van der Waals surface area contributed by atoms with Crippen LogP contribution in [0.4, 0.5) is 0 Å². The number of hydrogen-bond acceptors (Lipinski definition) is 3. The van der Waals surface area contributed by atoms with E-state index < -0.39 is 0 Å². The minimum atomic E-state index is 0.244. The zero-order chi connectivity index (χ0) is 14.1. The average Bonchev–Trinajstić information content (AvgIpc) is 2.41. The van der Waals surface area contributed by atoms with E-state index in [1.54, 1.807) is 17.8 Å². The summed E-state index contributed by atoms with van der Waals surface area (Å²) < 4.78 is 1.21. The molecule has 0 saturated carbocycles. The van der Waals surface area contributed by atoms with Gasteiger partial charge in [0.1, 0.15) is 5.75 Å². The van der Waals surface area contributed by atoms with E-state index in [1.165, 1.54) is 8.47 Å². The maximum absolute atomic E-state index is 9.88. The van der Waals surface area contributed by atoms with Gasteiger partial charge in [-0.05, 0) is 65.9 Å². The molecule has 0 aliphatic heterocycles. The first-order chi connectivity index (χ1) is 9.63. The van der Waals surface area contributed by atoms with Crippen molar-refractivity contribution in [3.63, 3.8) is 0 Å². The molecular formula is C16H12INOS. The normalized spacial score (nSPS) is 10.9. The Labute approximate surface area is 135 Å².